The van der Waals surface area contributed by atoms with E-state index in [-0.39, 0.29) is 10.8 Å². The molecule has 0 unspecified atom stereocenters. The summed E-state index contributed by atoms with van der Waals surface area (Å²) < 4.78 is 0. The van der Waals surface area contributed by atoms with E-state index in [2.05, 4.69) is 57.6 Å². The van der Waals surface area contributed by atoms with Crippen LogP contribution in [-0.4, -0.2) is 9.97 Å². The first-order chi connectivity index (χ1) is 7.71. The average molecular weight is 230 g/mol. The summed E-state index contributed by atoms with van der Waals surface area (Å²) in [5, 5.41) is 0. The Morgan fingerprint density at radius 2 is 1.65 bits per heavy atom. The minimum Gasteiger partial charge on any atom is -0.356 e. The van der Waals surface area contributed by atoms with Crippen LogP contribution in [0.5, 0.6) is 0 Å². The average Bonchev–Trinajstić information content (AvgIpc) is 2.54. The van der Waals surface area contributed by atoms with Gasteiger partial charge in [-0.1, -0.05) is 41.5 Å². The molecule has 0 atom stereocenters. The Hall–Kier alpha value is -1.31. The van der Waals surface area contributed by atoms with Crippen molar-refractivity contribution < 1.29 is 0 Å². The van der Waals surface area contributed by atoms with Gasteiger partial charge >= 0.3 is 0 Å². The molecule has 0 aliphatic heterocycles. The maximum Gasteiger partial charge on any atom is 0.0919 e. The Morgan fingerprint density at radius 3 is 2.18 bits per heavy atom. The second kappa shape index (κ2) is 3.59. The van der Waals surface area contributed by atoms with Crippen molar-refractivity contribution in [3.05, 3.63) is 29.6 Å². The van der Waals surface area contributed by atoms with Crippen molar-refractivity contribution in [2.24, 2.45) is 0 Å². The van der Waals surface area contributed by atoms with Gasteiger partial charge in [-0.3, -0.25) is 4.98 Å². The van der Waals surface area contributed by atoms with Gasteiger partial charge in [0.05, 0.1) is 11.0 Å². The molecule has 2 aromatic rings. The molecule has 0 aromatic carbocycles. The molecule has 0 amide bonds. The van der Waals surface area contributed by atoms with Crippen molar-refractivity contribution in [2.45, 2.75) is 52.4 Å². The summed E-state index contributed by atoms with van der Waals surface area (Å²) in [6, 6.07) is 4.09. The molecule has 2 nitrogen and oxygen atoms in total. The van der Waals surface area contributed by atoms with Crippen LogP contribution < -0.4 is 0 Å². The molecule has 0 spiro atoms. The Morgan fingerprint density at radius 1 is 1.00 bits per heavy atom. The van der Waals surface area contributed by atoms with Crippen LogP contribution in [0, 0.1) is 0 Å². The molecule has 2 heteroatoms. The normalized spacial score (nSPS) is 13.3. The first-order valence-electron chi connectivity index (χ1n) is 6.19. The molecule has 0 aliphatic rings. The van der Waals surface area contributed by atoms with Gasteiger partial charge in [0.25, 0.3) is 0 Å². The summed E-state index contributed by atoms with van der Waals surface area (Å²) in [5.74, 6) is 0. The number of nitrogens with one attached hydrogen (secondary N) is 1. The molecule has 2 aromatic heterocycles. The lowest BCUT2D eigenvalue weighted by atomic mass is 9.79. The topological polar surface area (TPSA) is 28.7 Å². The van der Waals surface area contributed by atoms with Crippen molar-refractivity contribution in [3.63, 3.8) is 0 Å². The third-order valence-electron chi connectivity index (χ3n) is 3.05. The fraction of sp³-hybridized carbons (Fsp3) is 0.533. The second-order valence-corrected chi connectivity index (χ2v) is 6.77. The van der Waals surface area contributed by atoms with E-state index in [4.69, 9.17) is 0 Å². The standard InChI is InChI=1S/C15H22N2/c1-14(2,3)11-12-10(8-7-9-16-12)17-13(11)15(4,5)6/h7-9,17H,1-6H3. The summed E-state index contributed by atoms with van der Waals surface area (Å²) in [6.07, 6.45) is 1.87. The van der Waals surface area contributed by atoms with Gasteiger partial charge in [0.15, 0.2) is 0 Å². The van der Waals surface area contributed by atoms with E-state index >= 15 is 0 Å². The lowest BCUT2D eigenvalue weighted by Crippen LogP contribution is -2.21. The van der Waals surface area contributed by atoms with Gasteiger partial charge in [-0.2, -0.15) is 0 Å². The summed E-state index contributed by atoms with van der Waals surface area (Å²) >= 11 is 0. The number of hydrogen-bond acceptors (Lipinski definition) is 1. The van der Waals surface area contributed by atoms with Crippen LogP contribution in [0.1, 0.15) is 52.8 Å². The molecule has 0 aliphatic carbocycles. The lowest BCUT2D eigenvalue weighted by molar-refractivity contribution is 0.524. The molecular weight excluding hydrogens is 208 g/mol. The number of rotatable bonds is 0. The molecule has 0 saturated carbocycles. The first kappa shape index (κ1) is 12.2. The van der Waals surface area contributed by atoms with E-state index in [0.717, 1.165) is 11.0 Å². The van der Waals surface area contributed by atoms with Crippen LogP contribution in [-0.2, 0) is 10.8 Å². The molecule has 0 saturated heterocycles. The Balaban J connectivity index is 2.84. The molecular formula is C15H22N2. The predicted octanol–water partition coefficient (Wildman–Crippen LogP) is 4.16. The highest BCUT2D eigenvalue weighted by atomic mass is 14.8. The van der Waals surface area contributed by atoms with Crippen LogP contribution in [0.4, 0.5) is 0 Å². The minimum absolute atomic E-state index is 0.106. The zero-order valence-electron chi connectivity index (χ0n) is 11.7. The van der Waals surface area contributed by atoms with E-state index in [1.165, 1.54) is 11.3 Å². The zero-order valence-corrected chi connectivity index (χ0v) is 11.7. The third-order valence-corrected chi connectivity index (χ3v) is 3.05. The molecule has 2 heterocycles. The Kier molecular flexibility index (Phi) is 2.57. The van der Waals surface area contributed by atoms with E-state index in [0.29, 0.717) is 0 Å². The van der Waals surface area contributed by atoms with Gasteiger partial charge in [0.2, 0.25) is 0 Å². The Labute approximate surface area is 103 Å². The van der Waals surface area contributed by atoms with Gasteiger partial charge in [-0.15, -0.1) is 0 Å². The van der Waals surface area contributed by atoms with E-state index in [1.807, 2.05) is 12.3 Å². The third kappa shape index (κ3) is 2.08. The maximum atomic E-state index is 4.55. The van der Waals surface area contributed by atoms with Gasteiger partial charge in [0, 0.05) is 22.9 Å². The molecule has 2 rings (SSSR count). The number of aromatic nitrogens is 2. The number of nitrogens with zero attached hydrogens (tertiary/aromatic N) is 1. The van der Waals surface area contributed by atoms with Crippen molar-refractivity contribution >= 4 is 11.0 Å². The van der Waals surface area contributed by atoms with Crippen LogP contribution >= 0.6 is 0 Å². The minimum atomic E-state index is 0.106. The molecule has 92 valence electrons. The molecule has 0 bridgehead atoms. The first-order valence-corrected chi connectivity index (χ1v) is 6.19. The fourth-order valence-corrected chi connectivity index (χ4v) is 2.31. The number of hydrogen-bond donors (Lipinski definition) is 1. The summed E-state index contributed by atoms with van der Waals surface area (Å²) in [4.78, 5) is 8.10. The molecule has 0 fully saturated rings. The summed E-state index contributed by atoms with van der Waals surface area (Å²) in [7, 11) is 0. The highest BCUT2D eigenvalue weighted by Gasteiger charge is 2.29. The van der Waals surface area contributed by atoms with Crippen molar-refractivity contribution in [1.82, 2.24) is 9.97 Å². The van der Waals surface area contributed by atoms with Crippen LogP contribution in [0.15, 0.2) is 18.3 Å². The Bertz CT molecular complexity index is 536. The number of fused-ring (bicyclic) bond motifs is 1. The number of aromatic amines is 1. The highest BCUT2D eigenvalue weighted by Crippen LogP contribution is 2.37. The van der Waals surface area contributed by atoms with Crippen LogP contribution in [0.25, 0.3) is 11.0 Å². The molecule has 0 radical (unpaired) electrons. The van der Waals surface area contributed by atoms with Gasteiger partial charge < -0.3 is 4.98 Å². The van der Waals surface area contributed by atoms with E-state index in [9.17, 15) is 0 Å². The van der Waals surface area contributed by atoms with Crippen LogP contribution in [0.3, 0.4) is 0 Å². The number of pyridine rings is 1. The smallest absolute Gasteiger partial charge is 0.0919 e. The zero-order chi connectivity index (χ0) is 12.8. The van der Waals surface area contributed by atoms with Gasteiger partial charge in [-0.05, 0) is 17.5 Å². The van der Waals surface area contributed by atoms with Gasteiger partial charge in [-0.25, -0.2) is 0 Å². The van der Waals surface area contributed by atoms with Crippen molar-refractivity contribution in [1.29, 1.82) is 0 Å². The summed E-state index contributed by atoms with van der Waals surface area (Å²) in [6.45, 7) is 13.5. The molecule has 1 N–H and O–H groups in total. The lowest BCUT2D eigenvalue weighted by Gasteiger charge is -2.26. The fourth-order valence-electron chi connectivity index (χ4n) is 2.31. The van der Waals surface area contributed by atoms with Crippen LogP contribution in [0.2, 0.25) is 0 Å². The highest BCUT2D eigenvalue weighted by molar-refractivity contribution is 5.82. The largest absolute Gasteiger partial charge is 0.356 e. The predicted molar refractivity (Wildman–Crippen MR) is 73.5 cm³/mol. The van der Waals surface area contributed by atoms with E-state index in [1.54, 1.807) is 0 Å². The van der Waals surface area contributed by atoms with Gasteiger partial charge in [0.1, 0.15) is 0 Å². The molecule has 17 heavy (non-hydrogen) atoms. The maximum absolute atomic E-state index is 4.55. The quantitative estimate of drug-likeness (QED) is 0.723. The second-order valence-electron chi connectivity index (χ2n) is 6.77. The SMILES string of the molecule is CC(C)(C)c1[nH]c2cccnc2c1C(C)(C)C. The van der Waals surface area contributed by atoms with Crippen molar-refractivity contribution in [3.8, 4) is 0 Å². The summed E-state index contributed by atoms with van der Waals surface area (Å²) in [5.41, 5.74) is 5.13. The van der Waals surface area contributed by atoms with Crippen molar-refractivity contribution in [2.75, 3.05) is 0 Å². The number of H-pyrrole nitrogens is 1. The monoisotopic (exact) mass is 230 g/mol. The van der Waals surface area contributed by atoms with E-state index < -0.39 is 0 Å².